The molecule has 1 saturated heterocycles. The molecule has 0 unspecified atom stereocenters. The first-order valence-corrected chi connectivity index (χ1v) is 9.56. The monoisotopic (exact) mass is 349 g/mol. The zero-order valence-corrected chi connectivity index (χ0v) is 15.6. The summed E-state index contributed by atoms with van der Waals surface area (Å²) in [6.07, 6.45) is 2.80. The number of nitrogens with zero attached hydrogens (tertiary/aromatic N) is 3. The van der Waals surface area contributed by atoms with E-state index in [-0.39, 0.29) is 12.0 Å². The van der Waals surface area contributed by atoms with Crippen molar-refractivity contribution in [3.8, 4) is 0 Å². The van der Waals surface area contributed by atoms with Crippen molar-refractivity contribution in [1.82, 2.24) is 14.7 Å². The van der Waals surface area contributed by atoms with Crippen LogP contribution >= 0.6 is 0 Å². The predicted molar refractivity (Wildman–Crippen MR) is 105 cm³/mol. The van der Waals surface area contributed by atoms with Gasteiger partial charge in [-0.2, -0.15) is 5.10 Å². The number of aryl methyl sites for hydroxylation is 2. The quantitative estimate of drug-likeness (QED) is 0.780. The standard InChI is InChI=1S/C22H27N3O/c1-3-25-14-20(16(2)23-25)13-24-11-10-21(22(26)15-24)19-9-8-17-6-4-5-7-18(17)12-19/h4-9,12,14,21-22,26H,3,10-11,13,15H2,1-2H3/t21-,22+/m0/s1. The number of piperidine rings is 1. The lowest BCUT2D eigenvalue weighted by molar-refractivity contribution is 0.0476. The summed E-state index contributed by atoms with van der Waals surface area (Å²) in [6.45, 7) is 7.66. The minimum absolute atomic E-state index is 0.218. The molecular weight excluding hydrogens is 322 g/mol. The highest BCUT2D eigenvalue weighted by Gasteiger charge is 2.29. The summed E-state index contributed by atoms with van der Waals surface area (Å²) in [5.74, 6) is 0.218. The van der Waals surface area contributed by atoms with E-state index in [0.29, 0.717) is 6.54 Å². The van der Waals surface area contributed by atoms with Gasteiger partial charge in [-0.05, 0) is 43.1 Å². The van der Waals surface area contributed by atoms with E-state index in [1.54, 1.807) is 0 Å². The van der Waals surface area contributed by atoms with E-state index in [0.717, 1.165) is 31.7 Å². The summed E-state index contributed by atoms with van der Waals surface area (Å²) in [5.41, 5.74) is 3.62. The number of hydrogen-bond donors (Lipinski definition) is 1. The van der Waals surface area contributed by atoms with Crippen LogP contribution in [0.3, 0.4) is 0 Å². The van der Waals surface area contributed by atoms with Crippen LogP contribution in [0.2, 0.25) is 0 Å². The maximum absolute atomic E-state index is 10.8. The number of aliphatic hydroxyl groups is 1. The Balaban J connectivity index is 1.46. The number of benzene rings is 2. The fourth-order valence-corrected chi connectivity index (χ4v) is 4.09. The highest BCUT2D eigenvalue weighted by molar-refractivity contribution is 5.83. The Labute approximate surface area is 155 Å². The molecule has 0 spiro atoms. The van der Waals surface area contributed by atoms with Crippen molar-refractivity contribution in [2.45, 2.75) is 45.4 Å². The molecule has 3 aromatic rings. The molecule has 4 heteroatoms. The molecule has 4 nitrogen and oxygen atoms in total. The zero-order valence-electron chi connectivity index (χ0n) is 15.6. The first kappa shape index (κ1) is 17.3. The highest BCUT2D eigenvalue weighted by atomic mass is 16.3. The van der Waals surface area contributed by atoms with Crippen LogP contribution in [0.5, 0.6) is 0 Å². The number of likely N-dealkylation sites (tertiary alicyclic amines) is 1. The Hall–Kier alpha value is -2.17. The summed E-state index contributed by atoms with van der Waals surface area (Å²) in [4.78, 5) is 2.35. The van der Waals surface area contributed by atoms with E-state index < -0.39 is 0 Å². The van der Waals surface area contributed by atoms with Crippen molar-refractivity contribution in [3.63, 3.8) is 0 Å². The summed E-state index contributed by atoms with van der Waals surface area (Å²) >= 11 is 0. The first-order valence-electron chi connectivity index (χ1n) is 9.56. The molecule has 1 aliphatic rings. The average Bonchev–Trinajstić information content (AvgIpc) is 3.01. The number of aromatic nitrogens is 2. The minimum atomic E-state index is -0.327. The smallest absolute Gasteiger partial charge is 0.0736 e. The van der Waals surface area contributed by atoms with E-state index in [1.807, 2.05) is 4.68 Å². The molecule has 0 saturated carbocycles. The SMILES string of the molecule is CCn1cc(CN2CC[C@@H](c3ccc4ccccc4c3)[C@H](O)C2)c(C)n1. The molecule has 26 heavy (non-hydrogen) atoms. The maximum Gasteiger partial charge on any atom is 0.0736 e. The number of fused-ring (bicyclic) bond motifs is 1. The largest absolute Gasteiger partial charge is 0.391 e. The number of β-amino-alcohol motifs (C(OH)–C–C–N with tert-alkyl or cyclic N) is 1. The van der Waals surface area contributed by atoms with Gasteiger partial charge >= 0.3 is 0 Å². The van der Waals surface area contributed by atoms with Crippen LogP contribution in [0, 0.1) is 6.92 Å². The maximum atomic E-state index is 10.8. The fraction of sp³-hybridized carbons (Fsp3) is 0.409. The summed E-state index contributed by atoms with van der Waals surface area (Å²) in [7, 11) is 0. The van der Waals surface area contributed by atoms with Gasteiger partial charge in [0.1, 0.15) is 0 Å². The number of aliphatic hydroxyl groups excluding tert-OH is 1. The van der Waals surface area contributed by atoms with Gasteiger partial charge in [0.25, 0.3) is 0 Å². The molecular formula is C22H27N3O. The van der Waals surface area contributed by atoms with E-state index in [2.05, 4.69) is 72.5 Å². The summed E-state index contributed by atoms with van der Waals surface area (Å²) in [5, 5.41) is 17.8. The van der Waals surface area contributed by atoms with Crippen LogP contribution in [0.1, 0.15) is 36.1 Å². The van der Waals surface area contributed by atoms with Gasteiger partial charge in [-0.1, -0.05) is 42.5 Å². The first-order chi connectivity index (χ1) is 12.6. The van der Waals surface area contributed by atoms with Crippen molar-refractivity contribution in [2.75, 3.05) is 13.1 Å². The van der Waals surface area contributed by atoms with Crippen molar-refractivity contribution in [1.29, 1.82) is 0 Å². The van der Waals surface area contributed by atoms with Crippen molar-refractivity contribution < 1.29 is 5.11 Å². The average molecular weight is 349 g/mol. The number of hydrogen-bond acceptors (Lipinski definition) is 3. The molecule has 0 amide bonds. The Morgan fingerprint density at radius 1 is 1.15 bits per heavy atom. The van der Waals surface area contributed by atoms with Crippen LogP contribution in [0.25, 0.3) is 10.8 Å². The third-order valence-electron chi connectivity index (χ3n) is 5.63. The molecule has 2 heterocycles. The van der Waals surface area contributed by atoms with Gasteiger partial charge in [-0.3, -0.25) is 9.58 Å². The molecule has 2 atom stereocenters. The lowest BCUT2D eigenvalue weighted by Gasteiger charge is -2.36. The number of rotatable bonds is 4. The van der Waals surface area contributed by atoms with E-state index in [4.69, 9.17) is 0 Å². The highest BCUT2D eigenvalue weighted by Crippen LogP contribution is 2.31. The van der Waals surface area contributed by atoms with Crippen molar-refractivity contribution >= 4 is 10.8 Å². The summed E-state index contributed by atoms with van der Waals surface area (Å²) < 4.78 is 1.99. The topological polar surface area (TPSA) is 41.3 Å². The second kappa shape index (κ2) is 7.22. The third-order valence-corrected chi connectivity index (χ3v) is 5.63. The van der Waals surface area contributed by atoms with Crippen LogP contribution in [-0.2, 0) is 13.1 Å². The Morgan fingerprint density at radius 3 is 2.69 bits per heavy atom. The van der Waals surface area contributed by atoms with Gasteiger partial charge in [-0.25, -0.2) is 0 Å². The minimum Gasteiger partial charge on any atom is -0.391 e. The Kier molecular flexibility index (Phi) is 4.79. The lowest BCUT2D eigenvalue weighted by atomic mass is 9.86. The second-order valence-corrected chi connectivity index (χ2v) is 7.40. The Bertz CT molecular complexity index is 901. The lowest BCUT2D eigenvalue weighted by Crippen LogP contribution is -2.42. The van der Waals surface area contributed by atoms with Gasteiger partial charge in [0.05, 0.1) is 11.8 Å². The molecule has 0 radical (unpaired) electrons. The van der Waals surface area contributed by atoms with Crippen LogP contribution < -0.4 is 0 Å². The molecule has 1 fully saturated rings. The van der Waals surface area contributed by atoms with Gasteiger partial charge in [0.15, 0.2) is 0 Å². The van der Waals surface area contributed by atoms with E-state index in [1.165, 1.54) is 21.9 Å². The van der Waals surface area contributed by atoms with Gasteiger partial charge < -0.3 is 5.11 Å². The van der Waals surface area contributed by atoms with E-state index >= 15 is 0 Å². The van der Waals surface area contributed by atoms with Gasteiger partial charge in [0, 0.05) is 37.3 Å². The normalized spacial score (nSPS) is 21.3. The Morgan fingerprint density at radius 2 is 1.96 bits per heavy atom. The molecule has 4 rings (SSSR count). The van der Waals surface area contributed by atoms with Crippen molar-refractivity contribution in [2.24, 2.45) is 0 Å². The molecule has 1 N–H and O–H groups in total. The third kappa shape index (κ3) is 3.39. The molecule has 2 aromatic carbocycles. The van der Waals surface area contributed by atoms with Gasteiger partial charge in [-0.15, -0.1) is 0 Å². The second-order valence-electron chi connectivity index (χ2n) is 7.40. The fourth-order valence-electron chi connectivity index (χ4n) is 4.09. The van der Waals surface area contributed by atoms with Crippen molar-refractivity contribution in [3.05, 3.63) is 65.5 Å². The van der Waals surface area contributed by atoms with Gasteiger partial charge in [0.2, 0.25) is 0 Å². The predicted octanol–water partition coefficient (Wildman–Crippen LogP) is 3.72. The summed E-state index contributed by atoms with van der Waals surface area (Å²) in [6, 6.07) is 15.0. The molecule has 0 bridgehead atoms. The van der Waals surface area contributed by atoms with Crippen LogP contribution in [-0.4, -0.2) is 39.0 Å². The van der Waals surface area contributed by atoms with Crippen LogP contribution in [0.4, 0.5) is 0 Å². The van der Waals surface area contributed by atoms with E-state index in [9.17, 15) is 5.11 Å². The zero-order chi connectivity index (χ0) is 18.1. The van der Waals surface area contributed by atoms with Crippen LogP contribution in [0.15, 0.2) is 48.7 Å². The molecule has 1 aromatic heterocycles. The molecule has 1 aliphatic heterocycles. The molecule has 136 valence electrons. The molecule has 0 aliphatic carbocycles.